The van der Waals surface area contributed by atoms with E-state index < -0.39 is 0 Å². The van der Waals surface area contributed by atoms with Gasteiger partial charge in [0.2, 0.25) is 0 Å². The molecule has 132 valence electrons. The maximum Gasteiger partial charge on any atom is 0.251 e. The van der Waals surface area contributed by atoms with Gasteiger partial charge < -0.3 is 5.32 Å². The highest BCUT2D eigenvalue weighted by atomic mass is 16.1. The number of aryl methyl sites for hydroxylation is 3. The van der Waals surface area contributed by atoms with Crippen LogP contribution in [0.4, 0.5) is 0 Å². The summed E-state index contributed by atoms with van der Waals surface area (Å²) in [6.07, 6.45) is 8.59. The highest BCUT2D eigenvalue weighted by molar-refractivity contribution is 5.96. The van der Waals surface area contributed by atoms with Crippen LogP contribution in [0.5, 0.6) is 0 Å². The van der Waals surface area contributed by atoms with Crippen LogP contribution in [0.3, 0.4) is 0 Å². The molecule has 0 saturated heterocycles. The summed E-state index contributed by atoms with van der Waals surface area (Å²) in [4.78, 5) is 17.3. The van der Waals surface area contributed by atoms with E-state index in [0.29, 0.717) is 5.56 Å². The molecule has 26 heavy (non-hydrogen) atoms. The molecule has 5 heteroatoms. The van der Waals surface area contributed by atoms with Crippen LogP contribution in [0.15, 0.2) is 48.9 Å². The Morgan fingerprint density at radius 2 is 2.19 bits per heavy atom. The quantitative estimate of drug-likeness (QED) is 0.788. The van der Waals surface area contributed by atoms with Crippen LogP contribution in [0.2, 0.25) is 0 Å². The number of fused-ring (bicyclic) bond motifs is 1. The van der Waals surface area contributed by atoms with Crippen molar-refractivity contribution in [2.45, 2.75) is 32.2 Å². The third-order valence-electron chi connectivity index (χ3n) is 5.03. The molecule has 1 N–H and O–H groups in total. The molecule has 0 bridgehead atoms. The third kappa shape index (κ3) is 3.12. The van der Waals surface area contributed by atoms with Crippen molar-refractivity contribution in [3.05, 3.63) is 71.3 Å². The number of nitrogens with zero attached hydrogens (tertiary/aromatic N) is 3. The van der Waals surface area contributed by atoms with Crippen LogP contribution in [-0.2, 0) is 13.5 Å². The normalized spacial score (nSPS) is 16.2. The molecule has 0 fully saturated rings. The van der Waals surface area contributed by atoms with E-state index in [1.165, 1.54) is 0 Å². The van der Waals surface area contributed by atoms with Crippen LogP contribution < -0.4 is 5.32 Å². The number of carbonyl (C=O) groups excluding carboxylic acids is 1. The van der Waals surface area contributed by atoms with E-state index in [9.17, 15) is 4.79 Å². The molecule has 5 nitrogen and oxygen atoms in total. The van der Waals surface area contributed by atoms with Gasteiger partial charge in [-0.3, -0.25) is 14.5 Å². The van der Waals surface area contributed by atoms with Crippen molar-refractivity contribution in [1.29, 1.82) is 0 Å². The van der Waals surface area contributed by atoms with Crippen LogP contribution in [-0.4, -0.2) is 20.7 Å². The Labute approximate surface area is 153 Å². The van der Waals surface area contributed by atoms with E-state index in [-0.39, 0.29) is 11.9 Å². The molecule has 1 atom stereocenters. The van der Waals surface area contributed by atoms with Crippen LogP contribution in [0.1, 0.15) is 46.1 Å². The molecule has 0 radical (unpaired) electrons. The fourth-order valence-electron chi connectivity index (χ4n) is 3.63. The number of amides is 1. The van der Waals surface area contributed by atoms with Gasteiger partial charge >= 0.3 is 0 Å². The molecule has 0 aliphatic heterocycles. The van der Waals surface area contributed by atoms with Crippen molar-refractivity contribution >= 4 is 5.91 Å². The standard InChI is InChI=1S/C21H22N4O/c1-14-8-9-15(11-18(14)16-12-23-25(2)13-16)21(26)24-20-7-3-6-19-17(20)5-4-10-22-19/h4-5,8-13,20H,3,6-7H2,1-2H3,(H,24,26). The number of hydrogen-bond donors (Lipinski definition) is 1. The molecule has 1 aromatic carbocycles. The lowest BCUT2D eigenvalue weighted by Crippen LogP contribution is -2.31. The molecule has 0 saturated carbocycles. The van der Waals surface area contributed by atoms with Crippen LogP contribution in [0.25, 0.3) is 11.1 Å². The van der Waals surface area contributed by atoms with Gasteiger partial charge in [0.25, 0.3) is 5.91 Å². The molecule has 0 spiro atoms. The lowest BCUT2D eigenvalue weighted by molar-refractivity contribution is 0.0932. The molecule has 4 rings (SSSR count). The van der Waals surface area contributed by atoms with Crippen molar-refractivity contribution in [2.24, 2.45) is 7.05 Å². The Morgan fingerprint density at radius 1 is 1.31 bits per heavy atom. The van der Waals surface area contributed by atoms with E-state index in [2.05, 4.69) is 21.5 Å². The van der Waals surface area contributed by atoms with Crippen molar-refractivity contribution in [2.75, 3.05) is 0 Å². The van der Waals surface area contributed by atoms with E-state index in [4.69, 9.17) is 0 Å². The number of pyridine rings is 1. The third-order valence-corrected chi connectivity index (χ3v) is 5.03. The van der Waals surface area contributed by atoms with E-state index in [1.807, 2.05) is 56.8 Å². The maximum absolute atomic E-state index is 12.9. The summed E-state index contributed by atoms with van der Waals surface area (Å²) in [5.74, 6) is -0.0446. The summed E-state index contributed by atoms with van der Waals surface area (Å²) >= 11 is 0. The Hall–Kier alpha value is -2.95. The van der Waals surface area contributed by atoms with Gasteiger partial charge in [-0.1, -0.05) is 12.1 Å². The van der Waals surface area contributed by atoms with Crippen molar-refractivity contribution in [3.63, 3.8) is 0 Å². The van der Waals surface area contributed by atoms with E-state index in [0.717, 1.165) is 47.2 Å². The first-order valence-electron chi connectivity index (χ1n) is 8.96. The van der Waals surface area contributed by atoms with Gasteiger partial charge in [0.05, 0.1) is 12.2 Å². The fraction of sp³-hybridized carbons (Fsp3) is 0.286. The molecule has 1 unspecified atom stereocenters. The molecular formula is C21H22N4O. The second-order valence-electron chi connectivity index (χ2n) is 6.89. The summed E-state index contributed by atoms with van der Waals surface area (Å²) in [7, 11) is 1.89. The minimum atomic E-state index is -0.0446. The number of rotatable bonds is 3. The summed E-state index contributed by atoms with van der Waals surface area (Å²) in [6.45, 7) is 2.05. The molecule has 1 amide bonds. The smallest absolute Gasteiger partial charge is 0.251 e. The van der Waals surface area contributed by atoms with Crippen LogP contribution >= 0.6 is 0 Å². The zero-order chi connectivity index (χ0) is 18.1. The van der Waals surface area contributed by atoms with Crippen molar-refractivity contribution in [1.82, 2.24) is 20.1 Å². The largest absolute Gasteiger partial charge is 0.345 e. The summed E-state index contributed by atoms with van der Waals surface area (Å²) in [6, 6.07) is 9.88. The van der Waals surface area contributed by atoms with Gasteiger partial charge in [0.1, 0.15) is 0 Å². The number of nitrogens with one attached hydrogen (secondary N) is 1. The highest BCUT2D eigenvalue weighted by Gasteiger charge is 2.23. The van der Waals surface area contributed by atoms with Gasteiger partial charge in [0.15, 0.2) is 0 Å². The first-order valence-corrected chi connectivity index (χ1v) is 8.96. The number of benzene rings is 1. The highest BCUT2D eigenvalue weighted by Crippen LogP contribution is 2.29. The first-order chi connectivity index (χ1) is 12.6. The van der Waals surface area contributed by atoms with Crippen molar-refractivity contribution in [3.8, 4) is 11.1 Å². The Bertz CT molecular complexity index is 960. The number of aromatic nitrogens is 3. The van der Waals surface area contributed by atoms with Gasteiger partial charge in [-0.2, -0.15) is 5.10 Å². The minimum absolute atomic E-state index is 0.0306. The second-order valence-corrected chi connectivity index (χ2v) is 6.89. The Kier molecular flexibility index (Phi) is 4.29. The van der Waals surface area contributed by atoms with Gasteiger partial charge in [-0.15, -0.1) is 0 Å². The average molecular weight is 346 g/mol. The lowest BCUT2D eigenvalue weighted by Gasteiger charge is -2.25. The molecule has 2 heterocycles. The lowest BCUT2D eigenvalue weighted by atomic mass is 9.91. The van der Waals surface area contributed by atoms with Gasteiger partial charge in [-0.25, -0.2) is 0 Å². The van der Waals surface area contributed by atoms with Gasteiger partial charge in [0, 0.05) is 36.3 Å². The molecule has 2 aromatic heterocycles. The Morgan fingerprint density at radius 3 is 3.00 bits per heavy atom. The zero-order valence-electron chi connectivity index (χ0n) is 15.1. The van der Waals surface area contributed by atoms with Crippen LogP contribution in [0, 0.1) is 6.92 Å². The summed E-state index contributed by atoms with van der Waals surface area (Å²) in [5, 5.41) is 7.43. The minimum Gasteiger partial charge on any atom is -0.345 e. The number of hydrogen-bond acceptors (Lipinski definition) is 3. The van der Waals surface area contributed by atoms with Crippen molar-refractivity contribution < 1.29 is 4.79 Å². The average Bonchev–Trinajstić information content (AvgIpc) is 3.08. The Balaban J connectivity index is 1.60. The molecule has 1 aliphatic rings. The summed E-state index contributed by atoms with van der Waals surface area (Å²) < 4.78 is 1.77. The molecule has 3 aromatic rings. The van der Waals surface area contributed by atoms with E-state index in [1.54, 1.807) is 4.68 Å². The number of carbonyl (C=O) groups is 1. The fourth-order valence-corrected chi connectivity index (χ4v) is 3.63. The topological polar surface area (TPSA) is 59.8 Å². The predicted octanol–water partition coefficient (Wildman–Crippen LogP) is 3.60. The van der Waals surface area contributed by atoms with E-state index >= 15 is 0 Å². The molecule has 1 aliphatic carbocycles. The zero-order valence-corrected chi connectivity index (χ0v) is 15.1. The first kappa shape index (κ1) is 16.5. The maximum atomic E-state index is 12.9. The predicted molar refractivity (Wildman–Crippen MR) is 101 cm³/mol. The molecular weight excluding hydrogens is 324 g/mol. The second kappa shape index (κ2) is 6.75. The van der Waals surface area contributed by atoms with Gasteiger partial charge in [-0.05, 0) is 61.1 Å². The monoisotopic (exact) mass is 346 g/mol. The summed E-state index contributed by atoms with van der Waals surface area (Å²) in [5.41, 5.74) is 6.10. The SMILES string of the molecule is Cc1ccc(C(=O)NC2CCCc3ncccc32)cc1-c1cnn(C)c1.